The van der Waals surface area contributed by atoms with Crippen molar-refractivity contribution in [2.45, 2.75) is 18.5 Å². The molecule has 0 unspecified atom stereocenters. The van der Waals surface area contributed by atoms with Crippen LogP contribution in [0.2, 0.25) is 0 Å². The number of H-pyrrole nitrogens is 1. The standard InChI is InChI=1S/C13H14N4OS/c1-10-15-13(17-16-10)19-9-8-18-12-4-2-11(3-5-12)6-7-14/h2-5H,6,8-9H2,1H3,(H,15,16,17). The molecule has 0 bridgehead atoms. The van der Waals surface area contributed by atoms with Gasteiger partial charge in [0, 0.05) is 5.75 Å². The molecule has 2 rings (SSSR count). The topological polar surface area (TPSA) is 74.6 Å². The van der Waals surface area contributed by atoms with Crippen LogP contribution in [-0.2, 0) is 6.42 Å². The van der Waals surface area contributed by atoms with Crippen LogP contribution in [-0.4, -0.2) is 27.5 Å². The minimum absolute atomic E-state index is 0.431. The second-order valence-electron chi connectivity index (χ2n) is 3.88. The highest BCUT2D eigenvalue weighted by Gasteiger charge is 2.00. The van der Waals surface area contributed by atoms with Gasteiger partial charge in [0.05, 0.1) is 19.1 Å². The summed E-state index contributed by atoms with van der Waals surface area (Å²) in [6, 6.07) is 9.70. The molecule has 0 aliphatic rings. The summed E-state index contributed by atoms with van der Waals surface area (Å²) in [5, 5.41) is 16.1. The largest absolute Gasteiger partial charge is 0.493 e. The van der Waals surface area contributed by atoms with Gasteiger partial charge < -0.3 is 4.74 Å². The highest BCUT2D eigenvalue weighted by molar-refractivity contribution is 7.99. The van der Waals surface area contributed by atoms with E-state index in [9.17, 15) is 0 Å². The van der Waals surface area contributed by atoms with E-state index in [4.69, 9.17) is 10.00 Å². The van der Waals surface area contributed by atoms with Crippen molar-refractivity contribution in [2.75, 3.05) is 12.4 Å². The van der Waals surface area contributed by atoms with Gasteiger partial charge in [-0.25, -0.2) is 4.98 Å². The molecule has 0 radical (unpaired) electrons. The summed E-state index contributed by atoms with van der Waals surface area (Å²) < 4.78 is 5.60. The monoisotopic (exact) mass is 274 g/mol. The molecule has 98 valence electrons. The lowest BCUT2D eigenvalue weighted by Crippen LogP contribution is -2.00. The van der Waals surface area contributed by atoms with E-state index in [0.29, 0.717) is 13.0 Å². The maximum atomic E-state index is 8.57. The molecule has 0 fully saturated rings. The van der Waals surface area contributed by atoms with Crippen LogP contribution in [0.25, 0.3) is 0 Å². The normalized spacial score (nSPS) is 10.1. The zero-order valence-electron chi connectivity index (χ0n) is 10.6. The maximum Gasteiger partial charge on any atom is 0.208 e. The quantitative estimate of drug-likeness (QED) is 0.646. The Morgan fingerprint density at radius 3 is 2.79 bits per heavy atom. The van der Waals surface area contributed by atoms with Crippen molar-refractivity contribution in [1.82, 2.24) is 15.2 Å². The fourth-order valence-corrected chi connectivity index (χ4v) is 2.13. The molecule has 0 saturated carbocycles. The van der Waals surface area contributed by atoms with Crippen LogP contribution in [0.15, 0.2) is 29.4 Å². The number of rotatable bonds is 6. The Morgan fingerprint density at radius 2 is 2.16 bits per heavy atom. The minimum atomic E-state index is 0.431. The number of aromatic nitrogens is 3. The van der Waals surface area contributed by atoms with Gasteiger partial charge in [-0.3, -0.25) is 5.10 Å². The summed E-state index contributed by atoms with van der Waals surface area (Å²) in [4.78, 5) is 4.20. The van der Waals surface area contributed by atoms with Gasteiger partial charge in [0.25, 0.3) is 0 Å². The molecule has 1 aromatic carbocycles. The molecule has 19 heavy (non-hydrogen) atoms. The number of hydrogen-bond donors (Lipinski definition) is 1. The lowest BCUT2D eigenvalue weighted by Gasteiger charge is -2.05. The third kappa shape index (κ3) is 4.30. The molecule has 1 heterocycles. The maximum absolute atomic E-state index is 8.57. The molecule has 0 spiro atoms. The van der Waals surface area contributed by atoms with E-state index >= 15 is 0 Å². The van der Waals surface area contributed by atoms with Crippen LogP contribution in [0, 0.1) is 18.3 Å². The van der Waals surface area contributed by atoms with E-state index < -0.39 is 0 Å². The fraction of sp³-hybridized carbons (Fsp3) is 0.308. The van der Waals surface area contributed by atoms with E-state index in [0.717, 1.165) is 28.0 Å². The number of nitriles is 1. The summed E-state index contributed by atoms with van der Waals surface area (Å²) in [7, 11) is 0. The molecule has 6 heteroatoms. The molecule has 0 atom stereocenters. The first kappa shape index (κ1) is 13.4. The number of aryl methyl sites for hydroxylation is 1. The molecule has 0 saturated heterocycles. The van der Waals surface area contributed by atoms with Crippen molar-refractivity contribution in [2.24, 2.45) is 0 Å². The van der Waals surface area contributed by atoms with Crippen molar-refractivity contribution in [3.8, 4) is 11.8 Å². The van der Waals surface area contributed by atoms with Gasteiger partial charge in [-0.2, -0.15) is 5.26 Å². The average molecular weight is 274 g/mol. The summed E-state index contributed by atoms with van der Waals surface area (Å²) in [6.07, 6.45) is 0.431. The average Bonchev–Trinajstić information content (AvgIpc) is 2.83. The molecule has 0 aliphatic carbocycles. The third-order valence-electron chi connectivity index (χ3n) is 2.37. The molecule has 1 aromatic heterocycles. The van der Waals surface area contributed by atoms with Crippen LogP contribution < -0.4 is 4.74 Å². The Morgan fingerprint density at radius 1 is 1.37 bits per heavy atom. The minimum Gasteiger partial charge on any atom is -0.493 e. The van der Waals surface area contributed by atoms with Gasteiger partial charge in [0.2, 0.25) is 5.16 Å². The summed E-state index contributed by atoms with van der Waals surface area (Å²) in [5.41, 5.74) is 1.00. The van der Waals surface area contributed by atoms with E-state index in [1.54, 1.807) is 11.8 Å². The smallest absolute Gasteiger partial charge is 0.208 e. The van der Waals surface area contributed by atoms with Crippen LogP contribution in [0.1, 0.15) is 11.4 Å². The van der Waals surface area contributed by atoms with Crippen molar-refractivity contribution >= 4 is 11.8 Å². The highest BCUT2D eigenvalue weighted by atomic mass is 32.2. The van der Waals surface area contributed by atoms with Gasteiger partial charge in [-0.05, 0) is 24.6 Å². The molecule has 0 aliphatic heterocycles. The van der Waals surface area contributed by atoms with Crippen molar-refractivity contribution in [3.63, 3.8) is 0 Å². The number of nitrogens with zero attached hydrogens (tertiary/aromatic N) is 3. The van der Waals surface area contributed by atoms with E-state index in [2.05, 4.69) is 21.3 Å². The zero-order valence-corrected chi connectivity index (χ0v) is 11.4. The van der Waals surface area contributed by atoms with Crippen LogP contribution in [0.5, 0.6) is 5.75 Å². The third-order valence-corrected chi connectivity index (χ3v) is 3.18. The first-order valence-corrected chi connectivity index (χ1v) is 6.87. The van der Waals surface area contributed by atoms with Crippen molar-refractivity contribution in [1.29, 1.82) is 5.26 Å². The molecular formula is C13H14N4OS. The Bertz CT molecular complexity index is 559. The zero-order chi connectivity index (χ0) is 13.5. The number of aromatic amines is 1. The Kier molecular flexibility index (Phi) is 4.81. The van der Waals surface area contributed by atoms with E-state index in [1.807, 2.05) is 31.2 Å². The van der Waals surface area contributed by atoms with Gasteiger partial charge in [0.15, 0.2) is 0 Å². The number of thioether (sulfide) groups is 1. The molecule has 0 amide bonds. The fourth-order valence-electron chi connectivity index (χ4n) is 1.47. The van der Waals surface area contributed by atoms with Crippen LogP contribution >= 0.6 is 11.8 Å². The van der Waals surface area contributed by atoms with Gasteiger partial charge in [-0.15, -0.1) is 5.10 Å². The van der Waals surface area contributed by atoms with Crippen molar-refractivity contribution in [3.05, 3.63) is 35.7 Å². The van der Waals surface area contributed by atoms with E-state index in [1.165, 1.54) is 0 Å². The Balaban J connectivity index is 1.72. The summed E-state index contributed by atoms with van der Waals surface area (Å²) in [5.74, 6) is 2.42. The SMILES string of the molecule is Cc1nc(SCCOc2ccc(CC#N)cc2)n[nH]1. The first-order valence-electron chi connectivity index (χ1n) is 5.88. The second-order valence-corrected chi connectivity index (χ2v) is 4.94. The number of nitrogens with one attached hydrogen (secondary N) is 1. The van der Waals surface area contributed by atoms with Crippen LogP contribution in [0.4, 0.5) is 0 Å². The predicted molar refractivity (Wildman–Crippen MR) is 73.1 cm³/mol. The lowest BCUT2D eigenvalue weighted by atomic mass is 10.2. The van der Waals surface area contributed by atoms with Crippen molar-refractivity contribution < 1.29 is 4.74 Å². The number of hydrogen-bond acceptors (Lipinski definition) is 5. The number of benzene rings is 1. The Labute approximate surface area is 116 Å². The molecule has 2 aromatic rings. The molecule has 1 N–H and O–H groups in total. The summed E-state index contributed by atoms with van der Waals surface area (Å²) >= 11 is 1.55. The highest BCUT2D eigenvalue weighted by Crippen LogP contribution is 2.15. The number of ether oxygens (including phenoxy) is 1. The lowest BCUT2D eigenvalue weighted by molar-refractivity contribution is 0.344. The van der Waals surface area contributed by atoms with Gasteiger partial charge >= 0.3 is 0 Å². The van der Waals surface area contributed by atoms with Gasteiger partial charge in [-0.1, -0.05) is 23.9 Å². The van der Waals surface area contributed by atoms with E-state index in [-0.39, 0.29) is 0 Å². The van der Waals surface area contributed by atoms with Crippen LogP contribution in [0.3, 0.4) is 0 Å². The molecular weight excluding hydrogens is 260 g/mol. The Hall–Kier alpha value is -2.00. The first-order chi connectivity index (χ1) is 9.28. The van der Waals surface area contributed by atoms with Gasteiger partial charge in [0.1, 0.15) is 11.6 Å². The molecule has 5 nitrogen and oxygen atoms in total. The second kappa shape index (κ2) is 6.81. The predicted octanol–water partition coefficient (Wildman–Crippen LogP) is 2.35. The summed E-state index contributed by atoms with van der Waals surface area (Å²) in [6.45, 7) is 2.46.